The van der Waals surface area contributed by atoms with Crippen LogP contribution >= 0.6 is 15.9 Å². The Kier molecular flexibility index (Phi) is 5.81. The normalized spacial score (nSPS) is 27.8. The zero-order valence-corrected chi connectivity index (χ0v) is 12.2. The highest BCUT2D eigenvalue weighted by atomic mass is 79.9. The fourth-order valence-electron chi connectivity index (χ4n) is 2.03. The van der Waals surface area contributed by atoms with Crippen molar-refractivity contribution in [3.63, 3.8) is 0 Å². The molecule has 0 aliphatic heterocycles. The van der Waals surface area contributed by atoms with Crippen LogP contribution in [0.3, 0.4) is 0 Å². The second-order valence-corrected chi connectivity index (χ2v) is 6.69. The number of halogens is 1. The molecule has 3 heteroatoms. The summed E-state index contributed by atoms with van der Waals surface area (Å²) in [7, 11) is 0. The molecule has 1 fully saturated rings. The fraction of sp³-hybridized carbons (Fsp3) is 0.923. The molecule has 1 amide bonds. The van der Waals surface area contributed by atoms with E-state index in [1.165, 1.54) is 25.7 Å². The minimum absolute atomic E-state index is 0.132. The van der Waals surface area contributed by atoms with E-state index in [0.717, 1.165) is 6.54 Å². The van der Waals surface area contributed by atoms with E-state index >= 15 is 0 Å². The largest absolute Gasteiger partial charge is 0.356 e. The van der Waals surface area contributed by atoms with Crippen LogP contribution in [0.2, 0.25) is 0 Å². The monoisotopic (exact) mass is 289 g/mol. The van der Waals surface area contributed by atoms with Gasteiger partial charge >= 0.3 is 0 Å². The predicted octanol–water partition coefficient (Wildman–Crippen LogP) is 3.35. The van der Waals surface area contributed by atoms with Crippen molar-refractivity contribution in [3.8, 4) is 0 Å². The minimum Gasteiger partial charge on any atom is -0.356 e. The van der Waals surface area contributed by atoms with Gasteiger partial charge in [0.1, 0.15) is 0 Å². The molecule has 1 saturated carbocycles. The Morgan fingerprint density at radius 1 is 1.25 bits per heavy atom. The highest BCUT2D eigenvalue weighted by Gasteiger charge is 2.21. The molecule has 0 aromatic heterocycles. The fourth-order valence-corrected chi connectivity index (χ4v) is 2.56. The van der Waals surface area contributed by atoms with Gasteiger partial charge in [0.2, 0.25) is 5.91 Å². The number of alkyl halides is 1. The first-order valence-corrected chi connectivity index (χ1v) is 7.34. The number of carbonyl (C=O) groups is 1. The average Bonchev–Trinajstić information content (AvgIpc) is 2.26. The molecule has 0 bridgehead atoms. The maximum absolute atomic E-state index is 11.8. The second kappa shape index (κ2) is 6.63. The van der Waals surface area contributed by atoms with Crippen LogP contribution in [0.4, 0.5) is 0 Å². The zero-order valence-electron chi connectivity index (χ0n) is 10.6. The lowest BCUT2D eigenvalue weighted by Crippen LogP contribution is -2.36. The van der Waals surface area contributed by atoms with E-state index in [2.05, 4.69) is 35.1 Å². The van der Waals surface area contributed by atoms with E-state index in [1.54, 1.807) is 0 Å². The summed E-state index contributed by atoms with van der Waals surface area (Å²) >= 11 is 3.65. The van der Waals surface area contributed by atoms with Gasteiger partial charge in [-0.2, -0.15) is 0 Å². The van der Waals surface area contributed by atoms with E-state index in [4.69, 9.17) is 0 Å². The van der Waals surface area contributed by atoms with Crippen LogP contribution < -0.4 is 5.32 Å². The van der Waals surface area contributed by atoms with Gasteiger partial charge in [0.25, 0.3) is 0 Å². The Hall–Kier alpha value is -0.0500. The van der Waals surface area contributed by atoms with Crippen LogP contribution in [0.25, 0.3) is 0 Å². The number of nitrogens with one attached hydrogen (secondary N) is 1. The second-order valence-electron chi connectivity index (χ2n) is 5.40. The van der Waals surface area contributed by atoms with Crippen molar-refractivity contribution < 1.29 is 4.79 Å². The Morgan fingerprint density at radius 3 is 2.31 bits per heavy atom. The summed E-state index contributed by atoms with van der Waals surface area (Å²) in [4.78, 5) is 12.5. The van der Waals surface area contributed by atoms with Gasteiger partial charge in [-0.15, -0.1) is 0 Å². The summed E-state index contributed by atoms with van der Waals surface area (Å²) in [5, 5.41) is 3.09. The Bertz CT molecular complexity index is 222. The zero-order chi connectivity index (χ0) is 12.1. The van der Waals surface area contributed by atoms with Crippen molar-refractivity contribution in [2.75, 3.05) is 6.54 Å². The number of amides is 1. The third-order valence-corrected chi connectivity index (χ3v) is 4.67. The summed E-state index contributed by atoms with van der Waals surface area (Å²) in [6.07, 6.45) is 4.99. The molecule has 94 valence electrons. The lowest BCUT2D eigenvalue weighted by atomic mass is 9.89. The highest BCUT2D eigenvalue weighted by Crippen LogP contribution is 2.28. The molecule has 0 saturated heterocycles. The molecule has 0 aromatic carbocycles. The van der Waals surface area contributed by atoms with Crippen LogP contribution in [0.1, 0.15) is 46.5 Å². The molecular formula is C13H24BrNO. The quantitative estimate of drug-likeness (QED) is 0.790. The van der Waals surface area contributed by atoms with Crippen LogP contribution in [0.5, 0.6) is 0 Å². The number of carbonyl (C=O) groups excluding carboxylic acids is 1. The van der Waals surface area contributed by atoms with Crippen LogP contribution in [-0.4, -0.2) is 17.3 Å². The maximum atomic E-state index is 11.8. The van der Waals surface area contributed by atoms with Crippen molar-refractivity contribution in [2.45, 2.75) is 51.3 Å². The molecule has 1 N–H and O–H groups in total. The van der Waals surface area contributed by atoms with E-state index < -0.39 is 0 Å². The molecule has 1 aliphatic rings. The molecule has 1 aliphatic carbocycles. The Morgan fingerprint density at radius 2 is 1.81 bits per heavy atom. The molecular weight excluding hydrogens is 266 g/mol. The van der Waals surface area contributed by atoms with Crippen LogP contribution in [0.15, 0.2) is 0 Å². The topological polar surface area (TPSA) is 29.1 Å². The molecule has 1 unspecified atom stereocenters. The van der Waals surface area contributed by atoms with Gasteiger partial charge in [0, 0.05) is 17.3 Å². The smallest absolute Gasteiger partial charge is 0.223 e. The highest BCUT2D eigenvalue weighted by molar-refractivity contribution is 9.09. The first-order valence-electron chi connectivity index (χ1n) is 6.42. The Labute approximate surface area is 108 Å². The van der Waals surface area contributed by atoms with Gasteiger partial charge in [-0.25, -0.2) is 0 Å². The van der Waals surface area contributed by atoms with Crippen molar-refractivity contribution in [1.82, 2.24) is 5.32 Å². The summed E-state index contributed by atoms with van der Waals surface area (Å²) in [5.41, 5.74) is 0. The predicted molar refractivity (Wildman–Crippen MR) is 71.7 cm³/mol. The maximum Gasteiger partial charge on any atom is 0.223 e. The van der Waals surface area contributed by atoms with Gasteiger partial charge in [-0.05, 0) is 37.5 Å². The third-order valence-electron chi connectivity index (χ3n) is 3.75. The van der Waals surface area contributed by atoms with Gasteiger partial charge < -0.3 is 5.32 Å². The molecule has 0 spiro atoms. The van der Waals surface area contributed by atoms with E-state index in [-0.39, 0.29) is 11.8 Å². The minimum atomic E-state index is 0.132. The lowest BCUT2D eigenvalue weighted by Gasteiger charge is -2.26. The van der Waals surface area contributed by atoms with Gasteiger partial charge in [-0.3, -0.25) is 4.79 Å². The van der Waals surface area contributed by atoms with Gasteiger partial charge in [0.05, 0.1) is 0 Å². The van der Waals surface area contributed by atoms with Gasteiger partial charge in [0.15, 0.2) is 0 Å². The molecule has 2 nitrogen and oxygen atoms in total. The molecule has 0 aromatic rings. The molecule has 1 atom stereocenters. The summed E-state index contributed by atoms with van der Waals surface area (Å²) in [6.45, 7) is 7.07. The van der Waals surface area contributed by atoms with Crippen molar-refractivity contribution in [2.24, 2.45) is 17.8 Å². The average molecular weight is 290 g/mol. The van der Waals surface area contributed by atoms with E-state index in [0.29, 0.717) is 16.7 Å². The van der Waals surface area contributed by atoms with Crippen molar-refractivity contribution in [1.29, 1.82) is 0 Å². The van der Waals surface area contributed by atoms with E-state index in [9.17, 15) is 4.79 Å². The summed E-state index contributed by atoms with van der Waals surface area (Å²) in [5.74, 6) is 1.47. The number of rotatable bonds is 4. The van der Waals surface area contributed by atoms with Crippen molar-refractivity contribution >= 4 is 21.8 Å². The molecule has 16 heavy (non-hydrogen) atoms. The number of hydrogen-bond acceptors (Lipinski definition) is 1. The molecule has 0 radical (unpaired) electrons. The SMILES string of the molecule is CC(C)C(C)C(=O)NCC1CCC(Br)CC1. The van der Waals surface area contributed by atoms with E-state index in [1.807, 2.05) is 6.92 Å². The number of hydrogen-bond donors (Lipinski definition) is 1. The first-order chi connectivity index (χ1) is 7.50. The van der Waals surface area contributed by atoms with Gasteiger partial charge in [-0.1, -0.05) is 36.7 Å². The third kappa shape index (κ3) is 4.44. The summed E-state index contributed by atoms with van der Waals surface area (Å²) < 4.78 is 0. The molecule has 0 heterocycles. The standard InChI is InChI=1S/C13H24BrNO/c1-9(2)10(3)13(16)15-8-11-4-6-12(14)7-5-11/h9-12H,4-8H2,1-3H3,(H,15,16). The molecule has 1 rings (SSSR count). The lowest BCUT2D eigenvalue weighted by molar-refractivity contribution is -0.125. The van der Waals surface area contributed by atoms with Crippen LogP contribution in [-0.2, 0) is 4.79 Å². The Balaban J connectivity index is 2.22. The first kappa shape index (κ1) is 14.0. The van der Waals surface area contributed by atoms with Crippen molar-refractivity contribution in [3.05, 3.63) is 0 Å². The summed E-state index contributed by atoms with van der Waals surface area (Å²) in [6, 6.07) is 0. The van der Waals surface area contributed by atoms with Crippen LogP contribution in [0, 0.1) is 17.8 Å².